The van der Waals surface area contributed by atoms with E-state index >= 15 is 4.39 Å². The van der Waals surface area contributed by atoms with Crippen LogP contribution in [0.4, 0.5) is 4.39 Å². The van der Waals surface area contributed by atoms with Gasteiger partial charge in [-0.05, 0) is 45.0 Å². The maximum atomic E-state index is 15.3. The first-order chi connectivity index (χ1) is 15.8. The van der Waals surface area contributed by atoms with Crippen LogP contribution in [0.2, 0.25) is 10.2 Å². The van der Waals surface area contributed by atoms with Gasteiger partial charge in [0.1, 0.15) is 11.6 Å². The Morgan fingerprint density at radius 2 is 2.06 bits per heavy atom. The average Bonchev–Trinajstić information content (AvgIpc) is 3.20. The van der Waals surface area contributed by atoms with Crippen molar-refractivity contribution in [3.05, 3.63) is 56.4 Å². The molecule has 0 saturated carbocycles. The number of nitrogens with zero attached hydrogens (tertiary/aromatic N) is 4. The number of aromatic nitrogens is 4. The molecule has 0 aliphatic carbocycles. The minimum Gasteiger partial charge on any atom is -0.493 e. The van der Waals surface area contributed by atoms with Gasteiger partial charge in [0, 0.05) is 18.8 Å². The fourth-order valence-electron chi connectivity index (χ4n) is 3.36. The van der Waals surface area contributed by atoms with Crippen LogP contribution in [0.25, 0.3) is 17.1 Å². The minimum atomic E-state index is -0.644. The van der Waals surface area contributed by atoms with Crippen LogP contribution in [0, 0.1) is 18.7 Å². The third kappa shape index (κ3) is 5.75. The van der Waals surface area contributed by atoms with Gasteiger partial charge in [0.25, 0.3) is 5.56 Å². The van der Waals surface area contributed by atoms with Crippen molar-refractivity contribution in [2.24, 2.45) is 5.92 Å². The number of nitrogens with one attached hydrogen (secondary N) is 1. The second-order valence-electron chi connectivity index (χ2n) is 7.97. The molecule has 0 aliphatic rings. The van der Waals surface area contributed by atoms with Gasteiger partial charge in [-0.2, -0.15) is 5.10 Å². The van der Waals surface area contributed by atoms with Crippen molar-refractivity contribution >= 4 is 23.2 Å². The van der Waals surface area contributed by atoms with Crippen LogP contribution in [0.15, 0.2) is 29.2 Å². The summed E-state index contributed by atoms with van der Waals surface area (Å²) in [6, 6.07) is 4.53. The number of ether oxygens (including phenoxy) is 1. The number of hydrogen-bond donors (Lipinski definition) is 1. The molecule has 1 aromatic carbocycles. The number of aryl methyl sites for hydroxylation is 1. The Kier molecular flexibility index (Phi) is 8.51. The fourth-order valence-corrected chi connectivity index (χ4v) is 3.92. The molecule has 0 bridgehead atoms. The van der Waals surface area contributed by atoms with Gasteiger partial charge in [-0.3, -0.25) is 4.79 Å². The lowest BCUT2D eigenvalue weighted by molar-refractivity contribution is 0.308. The third-order valence-electron chi connectivity index (χ3n) is 5.33. The van der Waals surface area contributed by atoms with Crippen molar-refractivity contribution in [3.8, 4) is 22.8 Å². The molecule has 0 unspecified atom stereocenters. The Morgan fingerprint density at radius 1 is 1.30 bits per heavy atom. The summed E-state index contributed by atoms with van der Waals surface area (Å²) in [6.45, 7) is 7.33. The first kappa shape index (κ1) is 25.2. The molecule has 3 rings (SSSR count). The zero-order valence-electron chi connectivity index (χ0n) is 19.2. The van der Waals surface area contributed by atoms with Crippen LogP contribution < -0.4 is 15.6 Å². The minimum absolute atomic E-state index is 0.0142. The first-order valence-electron chi connectivity index (χ1n) is 10.9. The first-order valence-corrected chi connectivity index (χ1v) is 11.6. The SMILES string of the molecule is CC[C@H](C)Cn1c(-c2c(F)cc(OCCCNC)cc2Cl)c(Cl)nc(-n2ccc(C)n2)c1=O. The normalized spacial score (nSPS) is 12.2. The second-order valence-corrected chi connectivity index (χ2v) is 8.74. The summed E-state index contributed by atoms with van der Waals surface area (Å²) in [5, 5.41) is 7.35. The van der Waals surface area contributed by atoms with E-state index < -0.39 is 11.4 Å². The van der Waals surface area contributed by atoms with E-state index in [4.69, 9.17) is 27.9 Å². The lowest BCUT2D eigenvalue weighted by Crippen LogP contribution is -2.30. The summed E-state index contributed by atoms with van der Waals surface area (Å²) in [5.41, 5.74) is 0.448. The molecule has 1 N–H and O–H groups in total. The van der Waals surface area contributed by atoms with Gasteiger partial charge in [0.15, 0.2) is 5.15 Å². The van der Waals surface area contributed by atoms with E-state index in [9.17, 15) is 4.79 Å². The molecule has 0 radical (unpaired) electrons. The molecule has 3 aromatic rings. The van der Waals surface area contributed by atoms with Crippen molar-refractivity contribution < 1.29 is 9.13 Å². The summed E-state index contributed by atoms with van der Waals surface area (Å²) in [6.07, 6.45) is 3.21. The van der Waals surface area contributed by atoms with Gasteiger partial charge >= 0.3 is 0 Å². The van der Waals surface area contributed by atoms with Crippen LogP contribution >= 0.6 is 23.2 Å². The second kappa shape index (κ2) is 11.1. The van der Waals surface area contributed by atoms with Gasteiger partial charge in [0.05, 0.1) is 28.6 Å². The summed E-state index contributed by atoms with van der Waals surface area (Å²) in [4.78, 5) is 17.7. The van der Waals surface area contributed by atoms with E-state index in [2.05, 4.69) is 15.4 Å². The molecule has 0 saturated heterocycles. The highest BCUT2D eigenvalue weighted by Gasteiger charge is 2.24. The lowest BCUT2D eigenvalue weighted by Gasteiger charge is -2.20. The molecule has 1 atom stereocenters. The Hall–Kier alpha value is -2.42. The smallest absolute Gasteiger partial charge is 0.296 e. The highest BCUT2D eigenvalue weighted by Crippen LogP contribution is 2.37. The van der Waals surface area contributed by atoms with Crippen molar-refractivity contribution in [3.63, 3.8) is 0 Å². The number of benzene rings is 1. The van der Waals surface area contributed by atoms with Crippen molar-refractivity contribution in [1.29, 1.82) is 0 Å². The molecule has 2 heterocycles. The van der Waals surface area contributed by atoms with Crippen LogP contribution in [0.3, 0.4) is 0 Å². The predicted molar refractivity (Wildman–Crippen MR) is 129 cm³/mol. The summed E-state index contributed by atoms with van der Waals surface area (Å²) in [5.74, 6) is -0.166. The predicted octanol–water partition coefficient (Wildman–Crippen LogP) is 4.88. The van der Waals surface area contributed by atoms with Gasteiger partial charge in [-0.15, -0.1) is 0 Å². The average molecular weight is 496 g/mol. The van der Waals surface area contributed by atoms with E-state index in [1.54, 1.807) is 12.3 Å². The number of hydrogen-bond acceptors (Lipinski definition) is 5. The van der Waals surface area contributed by atoms with Gasteiger partial charge in [0.2, 0.25) is 5.82 Å². The number of rotatable bonds is 10. The van der Waals surface area contributed by atoms with E-state index in [1.807, 2.05) is 27.8 Å². The third-order valence-corrected chi connectivity index (χ3v) is 5.89. The molecule has 0 amide bonds. The lowest BCUT2D eigenvalue weighted by atomic mass is 10.1. The summed E-state index contributed by atoms with van der Waals surface area (Å²) in [7, 11) is 1.85. The zero-order chi connectivity index (χ0) is 24.1. The largest absolute Gasteiger partial charge is 0.493 e. The highest BCUT2D eigenvalue weighted by molar-refractivity contribution is 6.35. The highest BCUT2D eigenvalue weighted by atomic mass is 35.5. The van der Waals surface area contributed by atoms with Crippen LogP contribution in [0.5, 0.6) is 5.75 Å². The summed E-state index contributed by atoms with van der Waals surface area (Å²) >= 11 is 13.0. The van der Waals surface area contributed by atoms with Crippen LogP contribution in [0.1, 0.15) is 32.4 Å². The van der Waals surface area contributed by atoms with Crippen molar-refractivity contribution in [1.82, 2.24) is 24.6 Å². The molecule has 0 fully saturated rings. The van der Waals surface area contributed by atoms with E-state index in [1.165, 1.54) is 21.4 Å². The maximum Gasteiger partial charge on any atom is 0.296 e. The maximum absolute atomic E-state index is 15.3. The zero-order valence-corrected chi connectivity index (χ0v) is 20.7. The van der Waals surface area contributed by atoms with Crippen LogP contribution in [-0.4, -0.2) is 39.5 Å². The van der Waals surface area contributed by atoms with Crippen molar-refractivity contribution in [2.75, 3.05) is 20.2 Å². The molecular formula is C23H28Cl2FN5O2. The van der Waals surface area contributed by atoms with Crippen molar-refractivity contribution in [2.45, 2.75) is 40.2 Å². The molecular weight excluding hydrogens is 468 g/mol. The Balaban J connectivity index is 2.13. The molecule has 0 aliphatic heterocycles. The van der Waals surface area contributed by atoms with Gasteiger partial charge < -0.3 is 14.6 Å². The Bertz CT molecular complexity index is 1160. The van der Waals surface area contributed by atoms with Gasteiger partial charge in [-0.1, -0.05) is 43.5 Å². The number of halogens is 3. The quantitative estimate of drug-likeness (QED) is 0.405. The van der Waals surface area contributed by atoms with E-state index in [0.717, 1.165) is 25.1 Å². The molecule has 2 aromatic heterocycles. The Morgan fingerprint density at radius 3 is 2.67 bits per heavy atom. The van der Waals surface area contributed by atoms with Crippen LogP contribution in [-0.2, 0) is 6.54 Å². The standard InChI is InChI=1S/C23H28Cl2FN5O2/c1-5-14(2)13-30-20(21(25)28-22(23(30)32)31-9-7-15(3)29-31)19-17(24)11-16(12-18(19)26)33-10-6-8-27-4/h7,9,11-12,14,27H,5-6,8,10,13H2,1-4H3/t14-/m0/s1. The summed E-state index contributed by atoms with van der Waals surface area (Å²) < 4.78 is 23.7. The topological polar surface area (TPSA) is 74.0 Å². The monoisotopic (exact) mass is 495 g/mol. The fraction of sp³-hybridized carbons (Fsp3) is 0.435. The molecule has 33 heavy (non-hydrogen) atoms. The van der Waals surface area contributed by atoms with E-state index in [-0.39, 0.29) is 33.2 Å². The molecule has 7 nitrogen and oxygen atoms in total. The molecule has 178 valence electrons. The van der Waals surface area contributed by atoms with Gasteiger partial charge in [-0.25, -0.2) is 14.1 Å². The molecule has 0 spiro atoms. The Labute approximate surface area is 202 Å². The van der Waals surface area contributed by atoms with E-state index in [0.29, 0.717) is 18.9 Å². The molecule has 10 heteroatoms.